The van der Waals surface area contributed by atoms with E-state index in [9.17, 15) is 18.5 Å². The summed E-state index contributed by atoms with van der Waals surface area (Å²) in [4.78, 5) is 10.9. The van der Waals surface area contributed by atoms with Crippen LogP contribution in [0.1, 0.15) is 45.1 Å². The molecule has 0 spiro atoms. The zero-order valence-corrected chi connectivity index (χ0v) is 16.6. The lowest BCUT2D eigenvalue weighted by molar-refractivity contribution is -0.509. The third-order valence-corrected chi connectivity index (χ3v) is 5.42. The SMILES string of the molecule is CC.O=[N+]([O-])C1C=C(c2ccc(S(=O)(=O)NCCCCO)cc2)C=CCC1. The number of nitrogens with zero attached hydrogens (tertiary/aromatic N) is 1. The standard InChI is InChI=1S/C17H22N2O5S.C2H6/c20-12-4-3-11-18-25(23,24)17-9-7-14(8-10-17)15-5-1-2-6-16(13-15)19(21)22;1-2/h1,5,7-10,13,16,18,20H,2-4,6,11-12H2;1-2H3. The summed E-state index contributed by atoms with van der Waals surface area (Å²) in [7, 11) is -3.60. The first-order chi connectivity index (χ1) is 12.9. The first-order valence-electron chi connectivity index (χ1n) is 9.17. The Bertz CT molecular complexity index is 755. The number of benzene rings is 1. The molecular weight excluding hydrogens is 368 g/mol. The Labute approximate surface area is 161 Å². The minimum absolute atomic E-state index is 0.0319. The molecule has 0 saturated carbocycles. The zero-order valence-electron chi connectivity index (χ0n) is 15.8. The number of hydrogen-bond acceptors (Lipinski definition) is 5. The summed E-state index contributed by atoms with van der Waals surface area (Å²) in [5, 5.41) is 19.8. The highest BCUT2D eigenvalue weighted by atomic mass is 32.2. The molecule has 2 N–H and O–H groups in total. The van der Waals surface area contributed by atoms with E-state index in [0.29, 0.717) is 25.7 Å². The Kier molecular flexibility index (Phi) is 9.92. The van der Waals surface area contributed by atoms with Gasteiger partial charge in [0.15, 0.2) is 0 Å². The van der Waals surface area contributed by atoms with Crippen LogP contribution >= 0.6 is 0 Å². The van der Waals surface area contributed by atoms with Crippen molar-refractivity contribution in [2.24, 2.45) is 0 Å². The van der Waals surface area contributed by atoms with Gasteiger partial charge in [-0.15, -0.1) is 0 Å². The van der Waals surface area contributed by atoms with E-state index in [1.54, 1.807) is 18.2 Å². The molecule has 1 aliphatic carbocycles. The van der Waals surface area contributed by atoms with Gasteiger partial charge in [-0.2, -0.15) is 0 Å². The maximum Gasteiger partial charge on any atom is 0.240 e. The van der Waals surface area contributed by atoms with Gasteiger partial charge in [-0.1, -0.05) is 38.1 Å². The molecule has 7 nitrogen and oxygen atoms in total. The number of hydrogen-bond donors (Lipinski definition) is 2. The number of sulfonamides is 1. The molecule has 0 saturated heterocycles. The van der Waals surface area contributed by atoms with Crippen LogP contribution in [-0.4, -0.2) is 37.6 Å². The van der Waals surface area contributed by atoms with Gasteiger partial charge in [0.25, 0.3) is 0 Å². The fourth-order valence-corrected chi connectivity index (χ4v) is 3.61. The Morgan fingerprint density at radius 3 is 2.48 bits per heavy atom. The molecule has 1 aliphatic rings. The van der Waals surface area contributed by atoms with Gasteiger partial charge in [0.05, 0.1) is 4.90 Å². The molecule has 0 aromatic heterocycles. The number of aliphatic hydroxyl groups excluding tert-OH is 1. The Morgan fingerprint density at radius 1 is 1.22 bits per heavy atom. The van der Waals surface area contributed by atoms with Crippen molar-refractivity contribution < 1.29 is 18.4 Å². The van der Waals surface area contributed by atoms with Crippen LogP contribution in [0.25, 0.3) is 5.57 Å². The predicted molar refractivity (Wildman–Crippen MR) is 106 cm³/mol. The molecule has 27 heavy (non-hydrogen) atoms. The molecule has 0 radical (unpaired) electrons. The highest BCUT2D eigenvalue weighted by Crippen LogP contribution is 2.23. The fraction of sp³-hybridized carbons (Fsp3) is 0.474. The number of rotatable bonds is 8. The van der Waals surface area contributed by atoms with Crippen LogP contribution < -0.4 is 4.72 Å². The Hall–Kier alpha value is -2.03. The number of nitrogens with one attached hydrogen (secondary N) is 1. The van der Waals surface area contributed by atoms with E-state index in [1.165, 1.54) is 12.1 Å². The monoisotopic (exact) mass is 396 g/mol. The number of unbranched alkanes of at least 4 members (excludes halogenated alkanes) is 1. The summed E-state index contributed by atoms with van der Waals surface area (Å²) in [5.41, 5.74) is 1.46. The molecule has 2 rings (SSSR count). The number of allylic oxidation sites excluding steroid dienone is 3. The van der Waals surface area contributed by atoms with Crippen molar-refractivity contribution in [2.45, 2.75) is 50.5 Å². The van der Waals surface area contributed by atoms with Crippen molar-refractivity contribution in [3.63, 3.8) is 0 Å². The lowest BCUT2D eigenvalue weighted by Crippen LogP contribution is -2.24. The first-order valence-corrected chi connectivity index (χ1v) is 10.6. The molecule has 0 amide bonds. The molecule has 1 unspecified atom stereocenters. The molecule has 0 fully saturated rings. The maximum absolute atomic E-state index is 12.2. The Balaban J connectivity index is 0.00000176. The van der Waals surface area contributed by atoms with Gasteiger partial charge in [0.1, 0.15) is 0 Å². The molecule has 1 aromatic carbocycles. The second kappa shape index (κ2) is 11.6. The minimum Gasteiger partial charge on any atom is -0.396 e. The average Bonchev–Trinajstić information content (AvgIpc) is 2.93. The summed E-state index contributed by atoms with van der Waals surface area (Å²) in [6, 6.07) is 5.55. The molecule has 1 atom stereocenters. The van der Waals surface area contributed by atoms with E-state index in [1.807, 2.05) is 26.0 Å². The first kappa shape index (κ1) is 23.0. The van der Waals surface area contributed by atoms with Crippen molar-refractivity contribution in [3.05, 3.63) is 58.2 Å². The summed E-state index contributed by atoms with van der Waals surface area (Å²) >= 11 is 0. The molecular formula is C19H28N2O5S. The molecule has 8 heteroatoms. The fourth-order valence-electron chi connectivity index (χ4n) is 2.54. The summed E-state index contributed by atoms with van der Waals surface area (Å²) in [6.45, 7) is 4.30. The van der Waals surface area contributed by atoms with E-state index < -0.39 is 16.1 Å². The predicted octanol–water partition coefficient (Wildman–Crippen LogP) is 3.14. The smallest absolute Gasteiger partial charge is 0.240 e. The van der Waals surface area contributed by atoms with Gasteiger partial charge in [-0.3, -0.25) is 10.1 Å². The van der Waals surface area contributed by atoms with E-state index in [2.05, 4.69) is 4.72 Å². The third kappa shape index (κ3) is 7.24. The number of nitro groups is 1. The van der Waals surface area contributed by atoms with Gasteiger partial charge < -0.3 is 5.11 Å². The van der Waals surface area contributed by atoms with Crippen LogP contribution in [0.15, 0.2) is 47.4 Å². The summed E-state index contributed by atoms with van der Waals surface area (Å²) in [6.07, 6.45) is 7.53. The maximum atomic E-state index is 12.2. The average molecular weight is 397 g/mol. The van der Waals surface area contributed by atoms with Gasteiger partial charge in [0.2, 0.25) is 16.1 Å². The van der Waals surface area contributed by atoms with Crippen LogP contribution in [-0.2, 0) is 10.0 Å². The lowest BCUT2D eigenvalue weighted by Gasteiger charge is -2.08. The zero-order chi connectivity index (χ0) is 20.3. The van der Waals surface area contributed by atoms with Crippen molar-refractivity contribution in [2.75, 3.05) is 13.2 Å². The number of aliphatic hydroxyl groups is 1. The third-order valence-electron chi connectivity index (χ3n) is 3.94. The van der Waals surface area contributed by atoms with Crippen molar-refractivity contribution in [3.8, 4) is 0 Å². The highest BCUT2D eigenvalue weighted by molar-refractivity contribution is 7.89. The van der Waals surface area contributed by atoms with Crippen molar-refractivity contribution >= 4 is 15.6 Å². The second-order valence-electron chi connectivity index (χ2n) is 5.81. The topological polar surface area (TPSA) is 110 Å². The summed E-state index contributed by atoms with van der Waals surface area (Å²) < 4.78 is 26.9. The molecule has 150 valence electrons. The van der Waals surface area contributed by atoms with Crippen LogP contribution in [0, 0.1) is 10.1 Å². The van der Waals surface area contributed by atoms with Crippen LogP contribution in [0.2, 0.25) is 0 Å². The normalized spacial score (nSPS) is 16.7. The second-order valence-corrected chi connectivity index (χ2v) is 7.57. The van der Waals surface area contributed by atoms with Crippen molar-refractivity contribution in [1.82, 2.24) is 4.72 Å². The molecule has 0 heterocycles. The van der Waals surface area contributed by atoms with Gasteiger partial charge in [0, 0.05) is 24.5 Å². The van der Waals surface area contributed by atoms with E-state index >= 15 is 0 Å². The molecule has 0 bridgehead atoms. The van der Waals surface area contributed by atoms with E-state index in [0.717, 1.165) is 11.1 Å². The Morgan fingerprint density at radius 2 is 1.89 bits per heavy atom. The van der Waals surface area contributed by atoms with E-state index in [-0.39, 0.29) is 23.0 Å². The van der Waals surface area contributed by atoms with Crippen LogP contribution in [0.5, 0.6) is 0 Å². The lowest BCUT2D eigenvalue weighted by atomic mass is 10.0. The highest BCUT2D eigenvalue weighted by Gasteiger charge is 2.19. The van der Waals surface area contributed by atoms with Crippen LogP contribution in [0.3, 0.4) is 0 Å². The summed E-state index contributed by atoms with van der Waals surface area (Å²) in [5.74, 6) is 0. The van der Waals surface area contributed by atoms with Crippen LogP contribution in [0.4, 0.5) is 0 Å². The molecule has 0 aliphatic heterocycles. The molecule has 1 aromatic rings. The largest absolute Gasteiger partial charge is 0.396 e. The minimum atomic E-state index is -3.60. The van der Waals surface area contributed by atoms with Gasteiger partial charge >= 0.3 is 0 Å². The van der Waals surface area contributed by atoms with Gasteiger partial charge in [-0.05, 0) is 48.6 Å². The quantitative estimate of drug-likeness (QED) is 0.398. The van der Waals surface area contributed by atoms with E-state index in [4.69, 9.17) is 5.11 Å². The van der Waals surface area contributed by atoms with Gasteiger partial charge in [-0.25, -0.2) is 13.1 Å². The van der Waals surface area contributed by atoms with Crippen molar-refractivity contribution in [1.29, 1.82) is 0 Å².